The van der Waals surface area contributed by atoms with Crippen LogP contribution in [0.4, 0.5) is 10.5 Å². The van der Waals surface area contributed by atoms with Crippen LogP contribution in [-0.2, 0) is 11.8 Å². The number of hydrogen-bond acceptors (Lipinski definition) is 5. The molecule has 0 saturated heterocycles. The van der Waals surface area contributed by atoms with Crippen molar-refractivity contribution < 1.29 is 9.32 Å². The van der Waals surface area contributed by atoms with Gasteiger partial charge in [0.15, 0.2) is 0 Å². The molecule has 0 bridgehead atoms. The number of anilines is 1. The summed E-state index contributed by atoms with van der Waals surface area (Å²) in [5.41, 5.74) is 3.21. The van der Waals surface area contributed by atoms with Crippen molar-refractivity contribution >= 4 is 11.7 Å². The topological polar surface area (TPSA) is 97.9 Å². The summed E-state index contributed by atoms with van der Waals surface area (Å²) in [7, 11) is 0. The second-order valence-corrected chi connectivity index (χ2v) is 8.47. The molecule has 4 aromatic rings. The van der Waals surface area contributed by atoms with Crippen LogP contribution in [0.2, 0.25) is 0 Å². The number of para-hydroxylation sites is 1. The highest BCUT2D eigenvalue weighted by molar-refractivity contribution is 5.89. The Hall–Kier alpha value is -3.94. The van der Waals surface area contributed by atoms with Crippen molar-refractivity contribution in [2.45, 2.75) is 32.6 Å². The molecule has 2 N–H and O–H groups in total. The van der Waals surface area contributed by atoms with Crippen LogP contribution in [0.15, 0.2) is 71.4 Å². The molecule has 0 spiro atoms. The van der Waals surface area contributed by atoms with E-state index in [4.69, 9.17) is 4.52 Å². The monoisotopic (exact) mass is 430 g/mol. The molecule has 0 aliphatic carbocycles. The van der Waals surface area contributed by atoms with Crippen LogP contribution in [0, 0.1) is 0 Å². The third-order valence-electron chi connectivity index (χ3n) is 4.80. The van der Waals surface area contributed by atoms with Crippen LogP contribution in [0.5, 0.6) is 0 Å². The van der Waals surface area contributed by atoms with Gasteiger partial charge in [0, 0.05) is 35.8 Å². The molecular formula is C24H26N6O2. The molecule has 0 fully saturated rings. The van der Waals surface area contributed by atoms with Gasteiger partial charge in [-0.25, -0.2) is 9.48 Å². The number of rotatable bonds is 6. The molecule has 2 amide bonds. The van der Waals surface area contributed by atoms with Gasteiger partial charge in [-0.2, -0.15) is 10.1 Å². The number of carbonyl (C=O) groups excluding carboxylic acids is 1. The summed E-state index contributed by atoms with van der Waals surface area (Å²) in [4.78, 5) is 16.7. The zero-order chi connectivity index (χ0) is 22.6. The fourth-order valence-corrected chi connectivity index (χ4v) is 3.05. The number of aromatic nitrogens is 4. The van der Waals surface area contributed by atoms with Gasteiger partial charge in [-0.3, -0.25) is 0 Å². The van der Waals surface area contributed by atoms with Gasteiger partial charge in [0.05, 0.1) is 11.4 Å². The minimum atomic E-state index is -0.269. The van der Waals surface area contributed by atoms with Gasteiger partial charge in [-0.05, 0) is 42.5 Å². The Morgan fingerprint density at radius 3 is 2.47 bits per heavy atom. The fourth-order valence-electron chi connectivity index (χ4n) is 3.05. The fraction of sp³-hybridized carbons (Fsp3) is 0.250. The molecular weight excluding hydrogens is 404 g/mol. The lowest BCUT2D eigenvalue weighted by Crippen LogP contribution is -2.30. The summed E-state index contributed by atoms with van der Waals surface area (Å²) >= 11 is 0. The van der Waals surface area contributed by atoms with Crippen LogP contribution in [0.1, 0.15) is 32.4 Å². The number of carbonyl (C=O) groups is 1. The van der Waals surface area contributed by atoms with Crippen molar-refractivity contribution in [2.24, 2.45) is 0 Å². The van der Waals surface area contributed by atoms with E-state index in [9.17, 15) is 4.79 Å². The predicted molar refractivity (Wildman–Crippen MR) is 123 cm³/mol. The Labute approximate surface area is 186 Å². The lowest BCUT2D eigenvalue weighted by atomic mass is 9.97. The number of nitrogens with zero attached hydrogens (tertiary/aromatic N) is 4. The Balaban J connectivity index is 1.26. The Morgan fingerprint density at radius 2 is 1.78 bits per heavy atom. The molecule has 2 aromatic heterocycles. The minimum absolute atomic E-state index is 0.204. The maximum atomic E-state index is 12.2. The summed E-state index contributed by atoms with van der Waals surface area (Å²) in [6.45, 7) is 6.54. The van der Waals surface area contributed by atoms with Crippen LogP contribution < -0.4 is 10.6 Å². The Morgan fingerprint density at radius 1 is 1.03 bits per heavy atom. The smallest absolute Gasteiger partial charge is 0.319 e. The highest BCUT2D eigenvalue weighted by Gasteiger charge is 2.22. The van der Waals surface area contributed by atoms with E-state index in [-0.39, 0.29) is 11.4 Å². The standard InChI is InChI=1S/C24H26N6O2/c1-24(2,3)22-27-21(29-32-22)17-9-11-18(12-10-17)26-23(31)25-15-13-19-14-16-30(28-19)20-7-5-4-6-8-20/h4-12,14,16H,13,15H2,1-3H3,(H2,25,26,31). The Bertz CT molecular complexity index is 1170. The number of hydrogen-bond donors (Lipinski definition) is 2. The van der Waals surface area contributed by atoms with Gasteiger partial charge in [-0.1, -0.05) is 44.1 Å². The van der Waals surface area contributed by atoms with Crippen LogP contribution in [-0.4, -0.2) is 32.5 Å². The van der Waals surface area contributed by atoms with Crippen molar-refractivity contribution in [3.05, 3.63) is 78.4 Å². The molecule has 8 heteroatoms. The lowest BCUT2D eigenvalue weighted by molar-refractivity contribution is 0.252. The lowest BCUT2D eigenvalue weighted by Gasteiger charge is -2.10. The molecule has 2 heterocycles. The van der Waals surface area contributed by atoms with Gasteiger partial charge in [0.1, 0.15) is 0 Å². The predicted octanol–water partition coefficient (Wildman–Crippen LogP) is 4.58. The van der Waals surface area contributed by atoms with E-state index in [0.29, 0.717) is 30.4 Å². The van der Waals surface area contributed by atoms with E-state index < -0.39 is 0 Å². The summed E-state index contributed by atoms with van der Waals surface area (Å²) in [5.74, 6) is 1.11. The number of benzene rings is 2. The van der Waals surface area contributed by atoms with E-state index in [1.54, 1.807) is 0 Å². The van der Waals surface area contributed by atoms with Crippen LogP contribution in [0.3, 0.4) is 0 Å². The van der Waals surface area contributed by atoms with Gasteiger partial charge < -0.3 is 15.2 Å². The van der Waals surface area contributed by atoms with E-state index in [2.05, 4.69) is 25.9 Å². The van der Waals surface area contributed by atoms with E-state index in [1.165, 1.54) is 0 Å². The molecule has 0 saturated carbocycles. The number of urea groups is 1. The number of amides is 2. The van der Waals surface area contributed by atoms with Gasteiger partial charge in [0.25, 0.3) is 0 Å². The molecule has 2 aromatic carbocycles. The summed E-state index contributed by atoms with van der Waals surface area (Å²) < 4.78 is 7.16. The molecule has 164 valence electrons. The second-order valence-electron chi connectivity index (χ2n) is 8.47. The quantitative estimate of drug-likeness (QED) is 0.466. The zero-order valence-corrected chi connectivity index (χ0v) is 18.4. The number of nitrogens with one attached hydrogen (secondary N) is 2. The Kier molecular flexibility index (Phi) is 6.02. The average molecular weight is 431 g/mol. The first-order valence-electron chi connectivity index (χ1n) is 10.5. The van der Waals surface area contributed by atoms with Crippen molar-refractivity contribution in [1.29, 1.82) is 0 Å². The first kappa shape index (κ1) is 21.3. The molecule has 0 unspecified atom stereocenters. The minimum Gasteiger partial charge on any atom is -0.338 e. The molecule has 0 aliphatic rings. The van der Waals surface area contributed by atoms with Crippen LogP contribution >= 0.6 is 0 Å². The SMILES string of the molecule is CC(C)(C)c1nc(-c2ccc(NC(=O)NCCc3ccn(-c4ccccc4)n3)cc2)no1. The second kappa shape index (κ2) is 9.05. The summed E-state index contributed by atoms with van der Waals surface area (Å²) in [6.07, 6.45) is 2.56. The molecule has 0 radical (unpaired) electrons. The highest BCUT2D eigenvalue weighted by atomic mass is 16.5. The van der Waals surface area contributed by atoms with Crippen molar-refractivity contribution in [3.63, 3.8) is 0 Å². The van der Waals surface area contributed by atoms with Crippen molar-refractivity contribution in [3.8, 4) is 17.1 Å². The van der Waals surface area contributed by atoms with Crippen molar-refractivity contribution in [1.82, 2.24) is 25.2 Å². The molecule has 0 aliphatic heterocycles. The molecule has 8 nitrogen and oxygen atoms in total. The normalized spacial score (nSPS) is 11.3. The van der Waals surface area contributed by atoms with Gasteiger partial charge in [0.2, 0.25) is 11.7 Å². The highest BCUT2D eigenvalue weighted by Crippen LogP contribution is 2.24. The zero-order valence-electron chi connectivity index (χ0n) is 18.4. The molecule has 32 heavy (non-hydrogen) atoms. The van der Waals surface area contributed by atoms with E-state index in [1.807, 2.05) is 92.3 Å². The first-order chi connectivity index (χ1) is 15.4. The largest absolute Gasteiger partial charge is 0.338 e. The maximum absolute atomic E-state index is 12.2. The average Bonchev–Trinajstić information content (AvgIpc) is 3.45. The van der Waals surface area contributed by atoms with Gasteiger partial charge in [-0.15, -0.1) is 0 Å². The summed E-state index contributed by atoms with van der Waals surface area (Å²) in [6, 6.07) is 18.9. The van der Waals surface area contributed by atoms with Gasteiger partial charge >= 0.3 is 6.03 Å². The molecule has 0 atom stereocenters. The van der Waals surface area contributed by atoms with E-state index >= 15 is 0 Å². The van der Waals surface area contributed by atoms with E-state index in [0.717, 1.165) is 16.9 Å². The van der Waals surface area contributed by atoms with Crippen LogP contribution in [0.25, 0.3) is 17.1 Å². The third-order valence-corrected chi connectivity index (χ3v) is 4.80. The third kappa shape index (κ3) is 5.21. The maximum Gasteiger partial charge on any atom is 0.319 e. The van der Waals surface area contributed by atoms with Crippen molar-refractivity contribution in [2.75, 3.05) is 11.9 Å². The molecule has 4 rings (SSSR count). The summed E-state index contributed by atoms with van der Waals surface area (Å²) in [5, 5.41) is 14.3. The first-order valence-corrected chi connectivity index (χ1v) is 10.5.